The maximum atomic E-state index is 11.1. The number of nitrogens with zero attached hydrogens (tertiary/aromatic N) is 2. The number of hydrogen-bond acceptors (Lipinski definition) is 5. The zero-order valence-electron chi connectivity index (χ0n) is 11.1. The third kappa shape index (κ3) is 2.34. The summed E-state index contributed by atoms with van der Waals surface area (Å²) in [6, 6.07) is 3.66. The molecule has 3 heterocycles. The van der Waals surface area contributed by atoms with Gasteiger partial charge in [-0.05, 0) is 25.0 Å². The van der Waals surface area contributed by atoms with E-state index in [1.165, 1.54) is 0 Å². The van der Waals surface area contributed by atoms with Gasteiger partial charge >= 0.3 is 0 Å². The topological polar surface area (TPSA) is 92.6 Å². The number of aromatic nitrogens is 1. The number of β-amino-alcohol motifs (C(OH)–C–C–N with tert-alkyl or cyclic N) is 1. The van der Waals surface area contributed by atoms with E-state index in [2.05, 4.69) is 4.98 Å². The zero-order chi connectivity index (χ0) is 14.2. The highest BCUT2D eigenvalue weighted by Crippen LogP contribution is 2.31. The van der Waals surface area contributed by atoms with E-state index < -0.39 is 11.5 Å². The van der Waals surface area contributed by atoms with Crippen molar-refractivity contribution in [2.24, 2.45) is 5.73 Å². The maximum absolute atomic E-state index is 11.1. The van der Waals surface area contributed by atoms with Gasteiger partial charge in [0.15, 0.2) is 0 Å². The molecule has 1 amide bonds. The molecule has 2 aromatic heterocycles. The molecule has 0 radical (unpaired) electrons. The first-order chi connectivity index (χ1) is 9.57. The molecule has 2 aromatic rings. The lowest BCUT2D eigenvalue weighted by Crippen LogP contribution is -2.50. The van der Waals surface area contributed by atoms with Gasteiger partial charge in [-0.2, -0.15) is 0 Å². The maximum Gasteiger partial charge on any atom is 0.220 e. The molecule has 0 spiro atoms. The first-order valence-corrected chi connectivity index (χ1v) is 6.65. The molecular formula is C14H17N3O3. The second kappa shape index (κ2) is 4.79. The van der Waals surface area contributed by atoms with Crippen LogP contribution in [-0.2, 0) is 4.79 Å². The second-order valence-corrected chi connectivity index (χ2v) is 5.36. The van der Waals surface area contributed by atoms with Crippen LogP contribution in [-0.4, -0.2) is 34.7 Å². The van der Waals surface area contributed by atoms with Crippen LogP contribution in [0.2, 0.25) is 0 Å². The molecule has 1 aliphatic heterocycles. The molecule has 0 saturated carbocycles. The van der Waals surface area contributed by atoms with Crippen molar-refractivity contribution in [2.75, 3.05) is 18.0 Å². The molecule has 0 aromatic carbocycles. The summed E-state index contributed by atoms with van der Waals surface area (Å²) in [6.07, 6.45) is 4.65. The first-order valence-electron chi connectivity index (χ1n) is 6.65. The molecule has 6 nitrogen and oxygen atoms in total. The third-order valence-corrected chi connectivity index (χ3v) is 3.72. The van der Waals surface area contributed by atoms with E-state index in [1.807, 2.05) is 11.0 Å². The monoisotopic (exact) mass is 275 g/mol. The first kappa shape index (κ1) is 12.9. The molecule has 1 atom stereocenters. The van der Waals surface area contributed by atoms with Crippen LogP contribution in [0, 0.1) is 0 Å². The fourth-order valence-corrected chi connectivity index (χ4v) is 2.89. The molecule has 0 aliphatic carbocycles. The molecule has 6 heteroatoms. The Labute approximate surface area is 116 Å². The number of carbonyl (C=O) groups excluding carboxylic acids is 1. The average Bonchev–Trinajstić information content (AvgIpc) is 2.85. The van der Waals surface area contributed by atoms with Crippen molar-refractivity contribution in [3.63, 3.8) is 0 Å². The van der Waals surface area contributed by atoms with Gasteiger partial charge in [0.25, 0.3) is 0 Å². The summed E-state index contributed by atoms with van der Waals surface area (Å²) in [5.41, 5.74) is 4.91. The van der Waals surface area contributed by atoms with Gasteiger partial charge in [-0.15, -0.1) is 0 Å². The van der Waals surface area contributed by atoms with Gasteiger partial charge in [-0.25, -0.2) is 4.98 Å². The van der Waals surface area contributed by atoms with Crippen LogP contribution in [0.1, 0.15) is 19.3 Å². The smallest absolute Gasteiger partial charge is 0.220 e. The molecule has 1 fully saturated rings. The largest absolute Gasteiger partial charge is 0.464 e. The van der Waals surface area contributed by atoms with Crippen molar-refractivity contribution < 1.29 is 14.3 Å². The standard InChI is InChI=1S/C14H17N3O3/c15-12(18)8-14(19)4-1-6-17(9-14)13-10-3-7-20-11(10)2-5-16-13/h2-3,5,7,19H,1,4,6,8-9H2,(H2,15,18). The number of furan rings is 1. The van der Waals surface area contributed by atoms with E-state index in [0.717, 1.165) is 29.8 Å². The van der Waals surface area contributed by atoms with Crippen LogP contribution < -0.4 is 10.6 Å². The van der Waals surface area contributed by atoms with Crippen LogP contribution in [0.25, 0.3) is 11.0 Å². The van der Waals surface area contributed by atoms with E-state index in [9.17, 15) is 9.90 Å². The number of fused-ring (bicyclic) bond motifs is 1. The molecule has 106 valence electrons. The van der Waals surface area contributed by atoms with E-state index in [-0.39, 0.29) is 6.42 Å². The quantitative estimate of drug-likeness (QED) is 0.873. The fourth-order valence-electron chi connectivity index (χ4n) is 2.89. The Morgan fingerprint density at radius 2 is 2.40 bits per heavy atom. The van der Waals surface area contributed by atoms with Crippen molar-refractivity contribution in [2.45, 2.75) is 24.9 Å². The average molecular weight is 275 g/mol. The van der Waals surface area contributed by atoms with Gasteiger partial charge in [0.2, 0.25) is 5.91 Å². The number of amides is 1. The SMILES string of the molecule is NC(=O)CC1(O)CCCN(c2nccc3occc23)C1. The summed E-state index contributed by atoms with van der Waals surface area (Å²) in [5.74, 6) is 0.294. The number of hydrogen-bond donors (Lipinski definition) is 2. The summed E-state index contributed by atoms with van der Waals surface area (Å²) < 4.78 is 5.36. The minimum Gasteiger partial charge on any atom is -0.464 e. The highest BCUT2D eigenvalue weighted by molar-refractivity contribution is 5.88. The van der Waals surface area contributed by atoms with E-state index in [1.54, 1.807) is 18.5 Å². The highest BCUT2D eigenvalue weighted by Gasteiger charge is 2.35. The third-order valence-electron chi connectivity index (χ3n) is 3.72. The molecule has 1 unspecified atom stereocenters. The van der Waals surface area contributed by atoms with Gasteiger partial charge in [-0.3, -0.25) is 4.79 Å². The summed E-state index contributed by atoms with van der Waals surface area (Å²) in [6.45, 7) is 1.14. The molecule has 0 bridgehead atoms. The number of aliphatic hydroxyl groups is 1. The Morgan fingerprint density at radius 3 is 3.20 bits per heavy atom. The van der Waals surface area contributed by atoms with Crippen LogP contribution >= 0.6 is 0 Å². The number of nitrogens with two attached hydrogens (primary N) is 1. The van der Waals surface area contributed by atoms with Crippen LogP contribution in [0.3, 0.4) is 0 Å². The number of carbonyl (C=O) groups is 1. The van der Waals surface area contributed by atoms with Crippen molar-refractivity contribution in [1.29, 1.82) is 0 Å². The van der Waals surface area contributed by atoms with E-state index >= 15 is 0 Å². The van der Waals surface area contributed by atoms with Gasteiger partial charge < -0.3 is 20.2 Å². The molecule has 3 rings (SSSR count). The lowest BCUT2D eigenvalue weighted by atomic mass is 9.89. The molecule has 1 saturated heterocycles. The molecular weight excluding hydrogens is 258 g/mol. The van der Waals surface area contributed by atoms with Crippen LogP contribution in [0.5, 0.6) is 0 Å². The summed E-state index contributed by atoms with van der Waals surface area (Å²) in [7, 11) is 0. The Morgan fingerprint density at radius 1 is 1.55 bits per heavy atom. The Bertz CT molecular complexity index is 639. The predicted molar refractivity (Wildman–Crippen MR) is 74.2 cm³/mol. The summed E-state index contributed by atoms with van der Waals surface area (Å²) >= 11 is 0. The number of piperidine rings is 1. The Balaban J connectivity index is 1.90. The normalized spacial score (nSPS) is 23.1. The highest BCUT2D eigenvalue weighted by atomic mass is 16.3. The van der Waals surface area contributed by atoms with Crippen molar-refractivity contribution in [3.8, 4) is 0 Å². The van der Waals surface area contributed by atoms with Crippen molar-refractivity contribution in [3.05, 3.63) is 24.6 Å². The number of primary amides is 1. The number of rotatable bonds is 3. The van der Waals surface area contributed by atoms with E-state index in [0.29, 0.717) is 13.0 Å². The van der Waals surface area contributed by atoms with E-state index in [4.69, 9.17) is 10.2 Å². The second-order valence-electron chi connectivity index (χ2n) is 5.36. The number of pyridine rings is 1. The summed E-state index contributed by atoms with van der Waals surface area (Å²) in [4.78, 5) is 17.5. The van der Waals surface area contributed by atoms with Crippen LogP contribution in [0.4, 0.5) is 5.82 Å². The molecule has 3 N–H and O–H groups in total. The van der Waals surface area contributed by atoms with Crippen molar-refractivity contribution in [1.82, 2.24) is 4.98 Å². The van der Waals surface area contributed by atoms with Gasteiger partial charge in [0, 0.05) is 19.3 Å². The fraction of sp³-hybridized carbons (Fsp3) is 0.429. The lowest BCUT2D eigenvalue weighted by Gasteiger charge is -2.39. The zero-order valence-corrected chi connectivity index (χ0v) is 11.1. The Kier molecular flexibility index (Phi) is 3.10. The van der Waals surface area contributed by atoms with Gasteiger partial charge in [0.05, 0.1) is 23.7 Å². The molecule has 1 aliphatic rings. The van der Waals surface area contributed by atoms with Crippen LogP contribution in [0.15, 0.2) is 29.0 Å². The number of anilines is 1. The summed E-state index contributed by atoms with van der Waals surface area (Å²) in [5, 5.41) is 11.4. The minimum absolute atomic E-state index is 0.0230. The molecule has 20 heavy (non-hydrogen) atoms. The predicted octanol–water partition coefficient (Wildman–Crippen LogP) is 1.03. The van der Waals surface area contributed by atoms with Gasteiger partial charge in [0.1, 0.15) is 11.4 Å². The Hall–Kier alpha value is -2.08. The minimum atomic E-state index is -1.07. The lowest BCUT2D eigenvalue weighted by molar-refractivity contribution is -0.123. The van der Waals surface area contributed by atoms with Gasteiger partial charge in [-0.1, -0.05) is 0 Å². The van der Waals surface area contributed by atoms with Crippen molar-refractivity contribution >= 4 is 22.7 Å².